The first-order valence-electron chi connectivity index (χ1n) is 7.59. The van der Waals surface area contributed by atoms with Gasteiger partial charge in [-0.2, -0.15) is 0 Å². The summed E-state index contributed by atoms with van der Waals surface area (Å²) in [6.45, 7) is 5.29. The number of carbonyl (C=O) groups excluding carboxylic acids is 1. The minimum atomic E-state index is 0.0989. The molecule has 0 N–H and O–H groups in total. The summed E-state index contributed by atoms with van der Waals surface area (Å²) in [5, 5.41) is 0. The van der Waals surface area contributed by atoms with Gasteiger partial charge in [0.25, 0.3) is 0 Å². The number of likely N-dealkylation sites (tertiary alicyclic amines) is 1. The van der Waals surface area contributed by atoms with Crippen molar-refractivity contribution in [3.8, 4) is 0 Å². The van der Waals surface area contributed by atoms with Crippen molar-refractivity contribution in [3.63, 3.8) is 0 Å². The fourth-order valence-corrected chi connectivity index (χ4v) is 2.85. The number of benzene rings is 1. The number of hydrogen-bond acceptors (Lipinski definition) is 2. The van der Waals surface area contributed by atoms with Gasteiger partial charge in [0.15, 0.2) is 5.78 Å². The fraction of sp³-hybridized carbons (Fsp3) is 0.588. The summed E-state index contributed by atoms with van der Waals surface area (Å²) in [5.41, 5.74) is 0.849. The molecule has 1 saturated heterocycles. The zero-order chi connectivity index (χ0) is 13.5. The Morgan fingerprint density at radius 2 is 1.63 bits per heavy atom. The highest BCUT2D eigenvalue weighted by molar-refractivity contribution is 5.97. The predicted octanol–water partition coefficient (Wildman–Crippen LogP) is 3.77. The summed E-state index contributed by atoms with van der Waals surface area (Å²) in [6, 6.07) is 9.68. The highest BCUT2D eigenvalue weighted by Crippen LogP contribution is 2.14. The molecule has 1 aliphatic heterocycles. The summed E-state index contributed by atoms with van der Waals surface area (Å²) in [7, 11) is 0. The zero-order valence-corrected chi connectivity index (χ0v) is 12.0. The standard InChI is InChI=1S/C17H25NO/c1-15(17(19)16-10-6-5-7-11-16)14-18-12-8-3-2-4-9-13-18/h5-7,10-11,15H,2-4,8-9,12-14H2,1H3. The Balaban J connectivity index is 1.88. The maximum atomic E-state index is 12.3. The quantitative estimate of drug-likeness (QED) is 0.767. The van der Waals surface area contributed by atoms with Crippen LogP contribution in [0.15, 0.2) is 30.3 Å². The van der Waals surface area contributed by atoms with Crippen LogP contribution in [0, 0.1) is 5.92 Å². The first-order chi connectivity index (χ1) is 9.27. The average molecular weight is 259 g/mol. The molecule has 1 aromatic rings. The topological polar surface area (TPSA) is 20.3 Å². The van der Waals surface area contributed by atoms with Crippen molar-refractivity contribution in [3.05, 3.63) is 35.9 Å². The molecule has 104 valence electrons. The lowest BCUT2D eigenvalue weighted by atomic mass is 9.98. The molecule has 0 spiro atoms. The number of carbonyl (C=O) groups is 1. The molecule has 19 heavy (non-hydrogen) atoms. The van der Waals surface area contributed by atoms with Gasteiger partial charge in [0.2, 0.25) is 0 Å². The number of ketones is 1. The van der Waals surface area contributed by atoms with Crippen molar-refractivity contribution >= 4 is 5.78 Å². The average Bonchev–Trinajstić information content (AvgIpc) is 2.41. The van der Waals surface area contributed by atoms with Crippen molar-refractivity contribution in [1.29, 1.82) is 0 Å². The monoisotopic (exact) mass is 259 g/mol. The Morgan fingerprint density at radius 1 is 1.05 bits per heavy atom. The maximum absolute atomic E-state index is 12.3. The van der Waals surface area contributed by atoms with Crippen LogP contribution >= 0.6 is 0 Å². The second-order valence-electron chi connectivity index (χ2n) is 5.70. The molecule has 1 aliphatic rings. The molecule has 1 fully saturated rings. The minimum absolute atomic E-state index is 0.0989. The maximum Gasteiger partial charge on any atom is 0.166 e. The lowest BCUT2D eigenvalue weighted by Gasteiger charge is -2.26. The second kappa shape index (κ2) is 7.44. The summed E-state index contributed by atoms with van der Waals surface area (Å²) < 4.78 is 0. The summed E-state index contributed by atoms with van der Waals surface area (Å²) in [6.07, 6.45) is 6.64. The molecule has 0 bridgehead atoms. The molecule has 1 aromatic carbocycles. The molecule has 0 saturated carbocycles. The molecule has 2 rings (SSSR count). The molecule has 1 heterocycles. The van der Waals surface area contributed by atoms with Gasteiger partial charge in [0, 0.05) is 18.0 Å². The number of nitrogens with zero attached hydrogens (tertiary/aromatic N) is 1. The van der Waals surface area contributed by atoms with Gasteiger partial charge in [0.05, 0.1) is 0 Å². The summed E-state index contributed by atoms with van der Waals surface area (Å²) in [4.78, 5) is 14.8. The van der Waals surface area contributed by atoms with Gasteiger partial charge in [-0.3, -0.25) is 4.79 Å². The largest absolute Gasteiger partial charge is 0.303 e. The van der Waals surface area contributed by atoms with Gasteiger partial charge in [-0.05, 0) is 25.9 Å². The van der Waals surface area contributed by atoms with Crippen LogP contribution in [0.2, 0.25) is 0 Å². The molecule has 1 atom stereocenters. The molecule has 0 aliphatic carbocycles. The second-order valence-corrected chi connectivity index (χ2v) is 5.70. The van der Waals surface area contributed by atoms with Crippen molar-refractivity contribution in [2.24, 2.45) is 5.92 Å². The van der Waals surface area contributed by atoms with E-state index < -0.39 is 0 Å². The van der Waals surface area contributed by atoms with Crippen LogP contribution in [-0.2, 0) is 0 Å². The van der Waals surface area contributed by atoms with E-state index in [2.05, 4.69) is 11.8 Å². The minimum Gasteiger partial charge on any atom is -0.303 e. The van der Waals surface area contributed by atoms with Crippen LogP contribution < -0.4 is 0 Å². The molecular formula is C17H25NO. The van der Waals surface area contributed by atoms with E-state index in [1.54, 1.807) is 0 Å². The summed E-state index contributed by atoms with van der Waals surface area (Å²) >= 11 is 0. The molecule has 0 aromatic heterocycles. The molecule has 0 radical (unpaired) electrons. The van der Waals surface area contributed by atoms with E-state index in [9.17, 15) is 4.79 Å². The van der Waals surface area contributed by atoms with Crippen molar-refractivity contribution < 1.29 is 4.79 Å². The van der Waals surface area contributed by atoms with Gasteiger partial charge in [-0.1, -0.05) is 56.5 Å². The van der Waals surface area contributed by atoms with Gasteiger partial charge in [0.1, 0.15) is 0 Å². The molecule has 0 amide bonds. The lowest BCUT2D eigenvalue weighted by molar-refractivity contribution is 0.0889. The summed E-state index contributed by atoms with van der Waals surface area (Å²) in [5.74, 6) is 0.379. The first-order valence-corrected chi connectivity index (χ1v) is 7.59. The molecule has 2 heteroatoms. The van der Waals surface area contributed by atoms with E-state index >= 15 is 0 Å². The van der Waals surface area contributed by atoms with Gasteiger partial charge < -0.3 is 4.90 Å². The van der Waals surface area contributed by atoms with E-state index in [0.717, 1.165) is 25.2 Å². The Bertz CT molecular complexity index is 380. The Morgan fingerprint density at radius 3 is 2.26 bits per heavy atom. The molecular weight excluding hydrogens is 234 g/mol. The lowest BCUT2D eigenvalue weighted by Crippen LogP contribution is -2.34. The normalized spacial score (nSPS) is 19.4. The number of hydrogen-bond donors (Lipinski definition) is 0. The third-order valence-electron chi connectivity index (χ3n) is 3.99. The van der Waals surface area contributed by atoms with Crippen LogP contribution in [0.4, 0.5) is 0 Å². The molecule has 1 unspecified atom stereocenters. The smallest absolute Gasteiger partial charge is 0.166 e. The van der Waals surface area contributed by atoms with Crippen molar-refractivity contribution in [2.45, 2.75) is 39.0 Å². The number of rotatable bonds is 4. The highest BCUT2D eigenvalue weighted by Gasteiger charge is 2.18. The van der Waals surface area contributed by atoms with Gasteiger partial charge in [-0.15, -0.1) is 0 Å². The van der Waals surface area contributed by atoms with Gasteiger partial charge in [-0.25, -0.2) is 0 Å². The van der Waals surface area contributed by atoms with E-state index in [1.807, 2.05) is 30.3 Å². The van der Waals surface area contributed by atoms with E-state index in [1.165, 1.54) is 32.1 Å². The van der Waals surface area contributed by atoms with Crippen LogP contribution in [0.3, 0.4) is 0 Å². The first kappa shape index (κ1) is 14.3. The highest BCUT2D eigenvalue weighted by atomic mass is 16.1. The third-order valence-corrected chi connectivity index (χ3v) is 3.99. The number of Topliss-reactive ketones (excluding diaryl/α,β-unsaturated/α-hetero) is 1. The third kappa shape index (κ3) is 4.46. The predicted molar refractivity (Wildman–Crippen MR) is 79.5 cm³/mol. The Hall–Kier alpha value is -1.15. The Labute approximate surface area is 116 Å². The Kier molecular flexibility index (Phi) is 5.59. The zero-order valence-electron chi connectivity index (χ0n) is 12.0. The van der Waals surface area contributed by atoms with Crippen LogP contribution in [0.1, 0.15) is 49.4 Å². The van der Waals surface area contributed by atoms with E-state index in [-0.39, 0.29) is 11.7 Å². The van der Waals surface area contributed by atoms with E-state index in [0.29, 0.717) is 0 Å². The van der Waals surface area contributed by atoms with E-state index in [4.69, 9.17) is 0 Å². The van der Waals surface area contributed by atoms with Crippen LogP contribution in [-0.4, -0.2) is 30.3 Å². The van der Waals surface area contributed by atoms with Crippen molar-refractivity contribution in [2.75, 3.05) is 19.6 Å². The SMILES string of the molecule is CC(CN1CCCCCCC1)C(=O)c1ccccc1. The van der Waals surface area contributed by atoms with Crippen LogP contribution in [0.25, 0.3) is 0 Å². The fourth-order valence-electron chi connectivity index (χ4n) is 2.85. The van der Waals surface area contributed by atoms with Crippen LogP contribution in [0.5, 0.6) is 0 Å². The van der Waals surface area contributed by atoms with Crippen molar-refractivity contribution in [1.82, 2.24) is 4.90 Å². The molecule has 2 nitrogen and oxygen atoms in total. The van der Waals surface area contributed by atoms with Gasteiger partial charge >= 0.3 is 0 Å².